The lowest BCUT2D eigenvalue weighted by Gasteiger charge is -2.47. The highest BCUT2D eigenvalue weighted by Crippen LogP contribution is 2.54. The first-order valence-electron chi connectivity index (χ1n) is 23.1. The second-order valence-electron chi connectivity index (χ2n) is 24.1. The maximum absolute atomic E-state index is 2.69. The van der Waals surface area contributed by atoms with Gasteiger partial charge in [-0.2, -0.15) is 0 Å². The molecule has 0 saturated heterocycles. The smallest absolute Gasteiger partial charge is 0.264 e. The van der Waals surface area contributed by atoms with Crippen molar-refractivity contribution >= 4 is 78.0 Å². The summed E-state index contributed by atoms with van der Waals surface area (Å²) >= 11 is 2.06. The van der Waals surface area contributed by atoms with Gasteiger partial charge in [0.1, 0.15) is 0 Å². The van der Waals surface area contributed by atoms with Crippen LogP contribution in [-0.2, 0) is 32.5 Å². The van der Waals surface area contributed by atoms with Gasteiger partial charge in [-0.05, 0) is 170 Å². The number of hydrogen-bond acceptors (Lipinski definition) is 3. The number of aryl methyl sites for hydroxylation is 1. The van der Waals surface area contributed by atoms with Crippen LogP contribution in [-0.4, -0.2) is 6.71 Å². The Balaban J connectivity index is 1.33. The molecule has 3 heterocycles. The van der Waals surface area contributed by atoms with Gasteiger partial charge >= 0.3 is 0 Å². The number of rotatable bonds is 2. The maximum Gasteiger partial charge on any atom is 0.264 e. The van der Waals surface area contributed by atoms with Gasteiger partial charge in [-0.1, -0.05) is 127 Å². The average molecular weight is 823 g/mol. The predicted molar refractivity (Wildman–Crippen MR) is 269 cm³/mol. The molecular formula is C57H67BN2S. The van der Waals surface area contributed by atoms with E-state index >= 15 is 0 Å². The summed E-state index contributed by atoms with van der Waals surface area (Å²) in [7, 11) is 0. The number of fused-ring (bicyclic) bond motifs is 8. The number of anilines is 6. The van der Waals surface area contributed by atoms with Crippen LogP contribution >= 0.6 is 11.3 Å². The summed E-state index contributed by atoms with van der Waals surface area (Å²) in [6.45, 7) is 36.2. The van der Waals surface area contributed by atoms with Gasteiger partial charge in [0.05, 0.1) is 5.69 Å². The van der Waals surface area contributed by atoms with Crippen LogP contribution in [0.3, 0.4) is 0 Å². The lowest BCUT2D eigenvalue weighted by Crippen LogP contribution is -2.61. The van der Waals surface area contributed by atoms with E-state index in [1.54, 1.807) is 0 Å². The second-order valence-corrected chi connectivity index (χ2v) is 25.2. The van der Waals surface area contributed by atoms with E-state index in [-0.39, 0.29) is 39.2 Å². The number of thiophene rings is 1. The van der Waals surface area contributed by atoms with Crippen molar-refractivity contribution in [3.63, 3.8) is 0 Å². The lowest BCUT2D eigenvalue weighted by atomic mass is 9.35. The van der Waals surface area contributed by atoms with E-state index in [9.17, 15) is 0 Å². The Labute approximate surface area is 371 Å². The highest BCUT2D eigenvalue weighted by molar-refractivity contribution is 7.33. The molecule has 6 aromatic rings. The van der Waals surface area contributed by atoms with Crippen molar-refractivity contribution in [1.29, 1.82) is 0 Å². The molecule has 0 fully saturated rings. The molecule has 0 atom stereocenters. The second kappa shape index (κ2) is 12.9. The molecule has 0 saturated carbocycles. The van der Waals surface area contributed by atoms with Crippen LogP contribution in [0.15, 0.2) is 84.9 Å². The molecule has 2 aliphatic heterocycles. The Hall–Kier alpha value is -4.28. The van der Waals surface area contributed by atoms with E-state index < -0.39 is 0 Å². The topological polar surface area (TPSA) is 6.48 Å². The zero-order chi connectivity index (χ0) is 43.6. The van der Waals surface area contributed by atoms with Gasteiger partial charge in [-0.25, -0.2) is 0 Å². The third-order valence-electron chi connectivity index (χ3n) is 15.7. The normalized spacial score (nSPS) is 19.2. The maximum atomic E-state index is 2.69. The molecule has 10 rings (SSSR count). The van der Waals surface area contributed by atoms with E-state index in [1.165, 1.54) is 125 Å². The van der Waals surface area contributed by atoms with Crippen LogP contribution < -0.4 is 25.5 Å². The van der Waals surface area contributed by atoms with E-state index in [4.69, 9.17) is 0 Å². The van der Waals surface area contributed by atoms with E-state index in [0.29, 0.717) is 0 Å². The molecule has 314 valence electrons. The summed E-state index contributed by atoms with van der Waals surface area (Å²) in [5.74, 6) is 0. The first kappa shape index (κ1) is 40.8. The molecule has 61 heavy (non-hydrogen) atoms. The van der Waals surface area contributed by atoms with Crippen molar-refractivity contribution in [1.82, 2.24) is 0 Å². The van der Waals surface area contributed by atoms with Crippen LogP contribution in [0.4, 0.5) is 34.1 Å². The summed E-state index contributed by atoms with van der Waals surface area (Å²) in [5, 5.41) is 1.40. The van der Waals surface area contributed by atoms with Crippen molar-refractivity contribution in [2.45, 2.75) is 162 Å². The van der Waals surface area contributed by atoms with Gasteiger partial charge in [-0.3, -0.25) is 0 Å². The van der Waals surface area contributed by atoms with Crippen molar-refractivity contribution in [3.05, 3.63) is 124 Å². The van der Waals surface area contributed by atoms with Crippen molar-refractivity contribution in [2.24, 2.45) is 0 Å². The molecule has 0 spiro atoms. The number of hydrogen-bond donors (Lipinski definition) is 0. The first-order valence-corrected chi connectivity index (χ1v) is 24.0. The largest absolute Gasteiger partial charge is 0.311 e. The van der Waals surface area contributed by atoms with Crippen molar-refractivity contribution in [2.75, 3.05) is 9.80 Å². The zero-order valence-electron chi connectivity index (χ0n) is 39.8. The molecule has 0 radical (unpaired) electrons. The van der Waals surface area contributed by atoms with Gasteiger partial charge in [0, 0.05) is 43.3 Å². The van der Waals surface area contributed by atoms with E-state index in [2.05, 4.69) is 210 Å². The van der Waals surface area contributed by atoms with Gasteiger partial charge in [-0.15, -0.1) is 11.3 Å². The Bertz CT molecular complexity index is 2780. The summed E-state index contributed by atoms with van der Waals surface area (Å²) in [5.41, 5.74) is 21.4. The summed E-state index contributed by atoms with van der Waals surface area (Å²) in [6, 6.07) is 34.6. The lowest BCUT2D eigenvalue weighted by molar-refractivity contribution is 0.332. The molecule has 1 aromatic heterocycles. The van der Waals surface area contributed by atoms with Gasteiger partial charge in [0.2, 0.25) is 0 Å². The van der Waals surface area contributed by atoms with Crippen LogP contribution in [0.5, 0.6) is 0 Å². The number of nitrogens with zero attached hydrogens (tertiary/aromatic N) is 2. The fourth-order valence-electron chi connectivity index (χ4n) is 11.5. The number of benzene rings is 5. The molecule has 4 heteroatoms. The Morgan fingerprint density at radius 2 is 0.934 bits per heavy atom. The Morgan fingerprint density at radius 3 is 1.43 bits per heavy atom. The van der Waals surface area contributed by atoms with Gasteiger partial charge < -0.3 is 9.80 Å². The zero-order valence-corrected chi connectivity index (χ0v) is 40.6. The van der Waals surface area contributed by atoms with Crippen LogP contribution in [0.2, 0.25) is 0 Å². The average Bonchev–Trinajstić information content (AvgIpc) is 3.55. The molecule has 0 unspecified atom stereocenters. The molecule has 5 aromatic carbocycles. The third-order valence-corrected chi connectivity index (χ3v) is 16.9. The van der Waals surface area contributed by atoms with E-state index in [1.807, 2.05) is 0 Å². The SMILES string of the molecule is Cc1cc2c3c(c1)N(c1ccc(C(C)(C)C)cc1)c1c(sc4cc5c(cc14)C(C)(C)CCC5(C)C)B3c1cc3c(cc1N2c1ccc(C(C)(C)C)cc1)C(C)(C)CCC3(C)C. The van der Waals surface area contributed by atoms with Gasteiger partial charge in [0.25, 0.3) is 6.71 Å². The molecule has 0 amide bonds. The minimum absolute atomic E-state index is 0.0694. The van der Waals surface area contributed by atoms with Crippen LogP contribution in [0.25, 0.3) is 10.1 Å². The standard InChI is InChI=1S/C57H67BN2S/c1-34-28-46-49-47(29-34)60(38-22-18-36(19-23-38)53(5,6)7)50-39-30-40-43(57(14,15)27-24-54(40,8)9)33-48(39)61-51(50)58(49)44-31-41-42(56(12,13)26-25-55(41,10)11)32-45(44)59(46)37-20-16-35(17-21-37)52(2,3)4/h16-23,28-33H,24-27H2,1-15H3. The highest BCUT2D eigenvalue weighted by Gasteiger charge is 2.48. The summed E-state index contributed by atoms with van der Waals surface area (Å²) in [6.07, 6.45) is 4.80. The quantitative estimate of drug-likeness (QED) is 0.160. The molecule has 2 aliphatic carbocycles. The highest BCUT2D eigenvalue weighted by atomic mass is 32.1. The van der Waals surface area contributed by atoms with Gasteiger partial charge in [0.15, 0.2) is 0 Å². The minimum Gasteiger partial charge on any atom is -0.311 e. The molecule has 0 bridgehead atoms. The monoisotopic (exact) mass is 823 g/mol. The summed E-state index contributed by atoms with van der Waals surface area (Å²) in [4.78, 5) is 5.32. The Kier molecular flexibility index (Phi) is 8.63. The molecule has 0 N–H and O–H groups in total. The van der Waals surface area contributed by atoms with Crippen molar-refractivity contribution < 1.29 is 0 Å². The first-order chi connectivity index (χ1) is 28.4. The Morgan fingerprint density at radius 1 is 0.508 bits per heavy atom. The minimum atomic E-state index is 0.0694. The van der Waals surface area contributed by atoms with Crippen molar-refractivity contribution in [3.8, 4) is 0 Å². The van der Waals surface area contributed by atoms with E-state index in [0.717, 1.165) is 0 Å². The molecule has 2 nitrogen and oxygen atoms in total. The third kappa shape index (κ3) is 6.15. The summed E-state index contributed by atoms with van der Waals surface area (Å²) < 4.78 is 2.89. The fraction of sp³-hybridized carbons (Fsp3) is 0.439. The molecule has 4 aliphatic rings. The van der Waals surface area contributed by atoms with Crippen LogP contribution in [0.1, 0.15) is 162 Å². The fourth-order valence-corrected chi connectivity index (χ4v) is 12.8. The predicted octanol–water partition coefficient (Wildman–Crippen LogP) is 14.6. The van der Waals surface area contributed by atoms with Crippen LogP contribution in [0, 0.1) is 6.92 Å². The molecular weight excluding hydrogens is 756 g/mol.